The van der Waals surface area contributed by atoms with Gasteiger partial charge < -0.3 is 4.52 Å². The van der Waals surface area contributed by atoms with E-state index in [9.17, 15) is 4.79 Å². The predicted octanol–water partition coefficient (Wildman–Crippen LogP) is 2.33. The van der Waals surface area contributed by atoms with Gasteiger partial charge in [-0.05, 0) is 24.3 Å². The Morgan fingerprint density at radius 3 is 2.83 bits per heavy atom. The summed E-state index contributed by atoms with van der Waals surface area (Å²) in [6.45, 7) is 0. The van der Waals surface area contributed by atoms with Gasteiger partial charge in [0.05, 0.1) is 5.75 Å². The summed E-state index contributed by atoms with van der Waals surface area (Å²) < 4.78 is 6.07. The van der Waals surface area contributed by atoms with Gasteiger partial charge in [-0.1, -0.05) is 21.1 Å². The number of nitrogen functional groups attached to an aromatic ring is 1. The monoisotopic (exact) mass is 327 g/mol. The van der Waals surface area contributed by atoms with Gasteiger partial charge in [-0.15, -0.1) is 11.8 Å². The zero-order chi connectivity index (χ0) is 13.0. The second kappa shape index (κ2) is 6.03. The molecule has 0 aliphatic heterocycles. The van der Waals surface area contributed by atoms with Crippen molar-refractivity contribution in [3.05, 3.63) is 46.3 Å². The van der Waals surface area contributed by atoms with E-state index in [2.05, 4.69) is 21.1 Å². The van der Waals surface area contributed by atoms with Gasteiger partial charge >= 0.3 is 0 Å². The van der Waals surface area contributed by atoms with Gasteiger partial charge in [-0.25, -0.2) is 5.84 Å². The minimum absolute atomic E-state index is 0.184. The Kier molecular flexibility index (Phi) is 4.40. The standard InChI is InChI=1S/C11H10BrN3O2S/c12-7-1-3-9(4-2-7)18-6-8-5-10(15-17-8)11(16)14-13/h1-5H,6,13H2,(H,14,16). The highest BCUT2D eigenvalue weighted by atomic mass is 79.9. The van der Waals surface area contributed by atoms with Crippen LogP contribution in [0.5, 0.6) is 0 Å². The molecular formula is C11H10BrN3O2S. The van der Waals surface area contributed by atoms with Crippen LogP contribution in [0.1, 0.15) is 16.2 Å². The number of amides is 1. The number of aromatic nitrogens is 1. The molecular weight excluding hydrogens is 318 g/mol. The number of rotatable bonds is 4. The second-order valence-electron chi connectivity index (χ2n) is 3.39. The highest BCUT2D eigenvalue weighted by molar-refractivity contribution is 9.10. The van der Waals surface area contributed by atoms with Crippen molar-refractivity contribution in [2.24, 2.45) is 5.84 Å². The van der Waals surface area contributed by atoms with Crippen LogP contribution in [0, 0.1) is 0 Å². The second-order valence-corrected chi connectivity index (χ2v) is 5.36. The van der Waals surface area contributed by atoms with E-state index >= 15 is 0 Å². The van der Waals surface area contributed by atoms with Crippen molar-refractivity contribution in [1.82, 2.24) is 10.6 Å². The topological polar surface area (TPSA) is 81.1 Å². The van der Waals surface area contributed by atoms with Crippen molar-refractivity contribution in [2.45, 2.75) is 10.6 Å². The SMILES string of the molecule is NNC(=O)c1cc(CSc2ccc(Br)cc2)on1. The van der Waals surface area contributed by atoms with E-state index in [0.29, 0.717) is 11.5 Å². The Balaban J connectivity index is 1.96. The van der Waals surface area contributed by atoms with Crippen LogP contribution in [-0.2, 0) is 5.75 Å². The number of thioether (sulfide) groups is 1. The lowest BCUT2D eigenvalue weighted by Gasteiger charge is -1.98. The molecule has 3 N–H and O–H groups in total. The highest BCUT2D eigenvalue weighted by Crippen LogP contribution is 2.24. The molecule has 94 valence electrons. The first-order chi connectivity index (χ1) is 8.69. The van der Waals surface area contributed by atoms with Crippen molar-refractivity contribution < 1.29 is 9.32 Å². The van der Waals surface area contributed by atoms with Gasteiger partial charge in [-0.2, -0.15) is 0 Å². The Hall–Kier alpha value is -1.31. The van der Waals surface area contributed by atoms with E-state index in [1.165, 1.54) is 0 Å². The lowest BCUT2D eigenvalue weighted by Crippen LogP contribution is -2.30. The minimum Gasteiger partial charge on any atom is -0.360 e. The van der Waals surface area contributed by atoms with E-state index in [1.807, 2.05) is 29.7 Å². The van der Waals surface area contributed by atoms with Gasteiger partial charge in [0.25, 0.3) is 5.91 Å². The molecule has 0 saturated heterocycles. The third-order valence-electron chi connectivity index (χ3n) is 2.12. The summed E-state index contributed by atoms with van der Waals surface area (Å²) in [5.41, 5.74) is 2.19. The highest BCUT2D eigenvalue weighted by Gasteiger charge is 2.11. The fourth-order valence-electron chi connectivity index (χ4n) is 1.25. The van der Waals surface area contributed by atoms with Crippen molar-refractivity contribution in [3.8, 4) is 0 Å². The normalized spacial score (nSPS) is 10.3. The predicted molar refractivity (Wildman–Crippen MR) is 71.9 cm³/mol. The summed E-state index contributed by atoms with van der Waals surface area (Å²) in [4.78, 5) is 12.3. The number of benzene rings is 1. The average molecular weight is 328 g/mol. The van der Waals surface area contributed by atoms with E-state index in [0.717, 1.165) is 9.37 Å². The molecule has 0 bridgehead atoms. The number of hydrogen-bond donors (Lipinski definition) is 2. The number of hydrogen-bond acceptors (Lipinski definition) is 5. The lowest BCUT2D eigenvalue weighted by molar-refractivity contribution is 0.0944. The third-order valence-corrected chi connectivity index (χ3v) is 3.68. The number of nitrogens with one attached hydrogen (secondary N) is 1. The number of hydrazine groups is 1. The Morgan fingerprint density at radius 2 is 2.17 bits per heavy atom. The largest absolute Gasteiger partial charge is 0.360 e. The fraction of sp³-hybridized carbons (Fsp3) is 0.0909. The molecule has 5 nitrogen and oxygen atoms in total. The summed E-state index contributed by atoms with van der Waals surface area (Å²) in [7, 11) is 0. The molecule has 1 aromatic carbocycles. The van der Waals surface area contributed by atoms with Crippen LogP contribution in [0.25, 0.3) is 0 Å². The molecule has 1 aromatic heterocycles. The molecule has 0 spiro atoms. The molecule has 0 saturated carbocycles. The van der Waals surface area contributed by atoms with E-state index in [4.69, 9.17) is 10.4 Å². The fourth-order valence-corrected chi connectivity index (χ4v) is 2.29. The van der Waals surface area contributed by atoms with Gasteiger partial charge in [0.15, 0.2) is 5.69 Å². The molecule has 0 fully saturated rings. The van der Waals surface area contributed by atoms with Crippen molar-refractivity contribution in [3.63, 3.8) is 0 Å². The number of nitrogens with two attached hydrogens (primary N) is 1. The Bertz CT molecular complexity index is 541. The van der Waals surface area contributed by atoms with Gasteiger partial charge in [0.2, 0.25) is 0 Å². The van der Waals surface area contributed by atoms with Gasteiger partial charge in [0.1, 0.15) is 5.76 Å². The maximum atomic E-state index is 11.2. The first-order valence-electron chi connectivity index (χ1n) is 5.04. The third kappa shape index (κ3) is 3.34. The van der Waals surface area contributed by atoms with Gasteiger partial charge in [0, 0.05) is 15.4 Å². The molecule has 0 atom stereocenters. The van der Waals surface area contributed by atoms with Crippen LogP contribution < -0.4 is 11.3 Å². The van der Waals surface area contributed by atoms with Crippen LogP contribution in [0.15, 0.2) is 44.2 Å². The quantitative estimate of drug-likeness (QED) is 0.390. The molecule has 18 heavy (non-hydrogen) atoms. The summed E-state index contributed by atoms with van der Waals surface area (Å²) in [6, 6.07) is 9.51. The van der Waals surface area contributed by atoms with Crippen LogP contribution in [0.3, 0.4) is 0 Å². The summed E-state index contributed by atoms with van der Waals surface area (Å²) >= 11 is 4.97. The Morgan fingerprint density at radius 1 is 1.44 bits per heavy atom. The minimum atomic E-state index is -0.460. The molecule has 0 aliphatic rings. The smallest absolute Gasteiger partial charge is 0.287 e. The number of carbonyl (C=O) groups excluding carboxylic acids is 1. The molecule has 0 aliphatic carbocycles. The van der Waals surface area contributed by atoms with Crippen LogP contribution in [0.4, 0.5) is 0 Å². The van der Waals surface area contributed by atoms with Crippen LogP contribution in [0.2, 0.25) is 0 Å². The summed E-state index contributed by atoms with van der Waals surface area (Å²) in [5.74, 6) is 5.77. The molecule has 0 unspecified atom stereocenters. The first kappa shape index (κ1) is 13.1. The van der Waals surface area contributed by atoms with Crippen LogP contribution in [-0.4, -0.2) is 11.1 Å². The van der Waals surface area contributed by atoms with E-state index in [-0.39, 0.29) is 5.69 Å². The van der Waals surface area contributed by atoms with E-state index < -0.39 is 5.91 Å². The molecule has 1 heterocycles. The van der Waals surface area contributed by atoms with Crippen LogP contribution >= 0.6 is 27.7 Å². The average Bonchev–Trinajstić information content (AvgIpc) is 2.86. The van der Waals surface area contributed by atoms with E-state index in [1.54, 1.807) is 17.8 Å². The maximum Gasteiger partial charge on any atom is 0.287 e. The molecule has 2 rings (SSSR count). The lowest BCUT2D eigenvalue weighted by atomic mass is 10.4. The molecule has 7 heteroatoms. The molecule has 1 amide bonds. The summed E-state index contributed by atoms with van der Waals surface area (Å²) in [6.07, 6.45) is 0. The molecule has 0 radical (unpaired) electrons. The number of halogens is 1. The number of nitrogens with zero attached hydrogens (tertiary/aromatic N) is 1. The Labute approximate surface area is 116 Å². The summed E-state index contributed by atoms with van der Waals surface area (Å²) in [5, 5.41) is 3.63. The zero-order valence-electron chi connectivity index (χ0n) is 9.22. The number of carbonyl (C=O) groups is 1. The van der Waals surface area contributed by atoms with Crippen molar-refractivity contribution >= 4 is 33.6 Å². The van der Waals surface area contributed by atoms with Gasteiger partial charge in [-0.3, -0.25) is 10.2 Å². The molecule has 2 aromatic rings. The van der Waals surface area contributed by atoms with Crippen molar-refractivity contribution in [1.29, 1.82) is 0 Å². The zero-order valence-corrected chi connectivity index (χ0v) is 11.6. The van der Waals surface area contributed by atoms with Crippen molar-refractivity contribution in [2.75, 3.05) is 0 Å². The maximum absolute atomic E-state index is 11.2. The first-order valence-corrected chi connectivity index (χ1v) is 6.82.